The van der Waals surface area contributed by atoms with E-state index in [2.05, 4.69) is 35.4 Å². The van der Waals surface area contributed by atoms with Gasteiger partial charge in [0.15, 0.2) is 0 Å². The molecule has 0 spiro atoms. The van der Waals surface area contributed by atoms with Crippen molar-refractivity contribution in [2.45, 2.75) is 148 Å². The molecule has 0 unspecified atom stereocenters. The van der Waals surface area contributed by atoms with E-state index in [-0.39, 0.29) is 18.4 Å². The summed E-state index contributed by atoms with van der Waals surface area (Å²) in [7, 11) is 0. The maximum absolute atomic E-state index is 13.4. The van der Waals surface area contributed by atoms with Crippen molar-refractivity contribution in [1.82, 2.24) is 4.90 Å². The lowest BCUT2D eigenvalue weighted by molar-refractivity contribution is -0.136. The number of benzene rings is 1. The number of hydrogen-bond acceptors (Lipinski definition) is 5. The smallest absolute Gasteiger partial charge is 0.323 e. The highest BCUT2D eigenvalue weighted by Crippen LogP contribution is 2.33. The number of anilines is 1. The zero-order valence-electron chi connectivity index (χ0n) is 29.1. The van der Waals surface area contributed by atoms with Gasteiger partial charge in [-0.3, -0.25) is 19.3 Å². The standard InChI is InChI=1S/C39H61N3O4S/c1-2-27-41(28-26-34-20-18-29-47-34)33-24-25-35-32(30-33)19-17-21-36(35)42(31-39(45)46)38(44)23-16-14-12-10-8-6-4-3-5-7-9-11-13-15-22-37(40)43/h17-21,29,33H,2-16,22-28,30-31H2,1H3,(H2,40,43)(H,45,46)/t33-/m0/s1. The van der Waals surface area contributed by atoms with Crippen molar-refractivity contribution in [2.75, 3.05) is 24.5 Å². The van der Waals surface area contributed by atoms with Gasteiger partial charge in [-0.1, -0.05) is 102 Å². The predicted octanol–water partition coefficient (Wildman–Crippen LogP) is 8.70. The van der Waals surface area contributed by atoms with E-state index in [4.69, 9.17) is 5.73 Å². The third-order valence-electron chi connectivity index (χ3n) is 9.63. The van der Waals surface area contributed by atoms with Gasteiger partial charge in [0.05, 0.1) is 0 Å². The number of primary amides is 1. The summed E-state index contributed by atoms with van der Waals surface area (Å²) in [5.41, 5.74) is 8.40. The van der Waals surface area contributed by atoms with Crippen molar-refractivity contribution in [1.29, 1.82) is 0 Å². The average Bonchev–Trinajstić information content (AvgIpc) is 3.58. The second kappa shape index (κ2) is 22.8. The number of unbranched alkanes of at least 4 members (excludes halogenated alkanes) is 13. The number of rotatable bonds is 26. The molecular weight excluding hydrogens is 607 g/mol. The molecule has 1 aromatic heterocycles. The van der Waals surface area contributed by atoms with Crippen molar-refractivity contribution in [3.05, 3.63) is 51.7 Å². The summed E-state index contributed by atoms with van der Waals surface area (Å²) in [4.78, 5) is 41.6. The number of amides is 2. The van der Waals surface area contributed by atoms with Gasteiger partial charge in [-0.05, 0) is 80.1 Å². The molecule has 1 heterocycles. The Balaban J connectivity index is 1.37. The normalized spacial score (nSPS) is 14.3. The summed E-state index contributed by atoms with van der Waals surface area (Å²) in [5.74, 6) is -1.22. The second-order valence-electron chi connectivity index (χ2n) is 13.5. The molecule has 7 nitrogen and oxygen atoms in total. The van der Waals surface area contributed by atoms with Gasteiger partial charge >= 0.3 is 5.97 Å². The number of aliphatic carboxylic acids is 1. The molecule has 0 fully saturated rings. The van der Waals surface area contributed by atoms with Crippen molar-refractivity contribution in [2.24, 2.45) is 5.73 Å². The first-order valence-electron chi connectivity index (χ1n) is 18.6. The molecule has 47 heavy (non-hydrogen) atoms. The number of carbonyl (C=O) groups is 3. The van der Waals surface area contributed by atoms with E-state index in [1.165, 1.54) is 68.2 Å². The molecule has 0 saturated carbocycles. The van der Waals surface area contributed by atoms with Crippen LogP contribution in [0.25, 0.3) is 0 Å². The molecular formula is C39H61N3O4S. The highest BCUT2D eigenvalue weighted by molar-refractivity contribution is 7.09. The van der Waals surface area contributed by atoms with Crippen molar-refractivity contribution in [3.63, 3.8) is 0 Å². The molecule has 262 valence electrons. The first-order valence-corrected chi connectivity index (χ1v) is 19.4. The van der Waals surface area contributed by atoms with Crippen LogP contribution in [-0.4, -0.2) is 53.5 Å². The fraction of sp³-hybridized carbons (Fsp3) is 0.667. The van der Waals surface area contributed by atoms with Crippen LogP contribution in [0.15, 0.2) is 35.7 Å². The first-order chi connectivity index (χ1) is 22.9. The van der Waals surface area contributed by atoms with Crippen LogP contribution in [0.2, 0.25) is 0 Å². The summed E-state index contributed by atoms with van der Waals surface area (Å²) < 4.78 is 0. The molecule has 2 amide bonds. The molecule has 0 bridgehead atoms. The van der Waals surface area contributed by atoms with E-state index in [1.54, 1.807) is 4.90 Å². The molecule has 1 aliphatic rings. The van der Waals surface area contributed by atoms with Gasteiger partial charge in [-0.25, -0.2) is 0 Å². The van der Waals surface area contributed by atoms with Crippen LogP contribution < -0.4 is 10.6 Å². The van der Waals surface area contributed by atoms with E-state index in [0.29, 0.717) is 18.9 Å². The van der Waals surface area contributed by atoms with Gasteiger partial charge in [0.25, 0.3) is 0 Å². The number of nitrogens with two attached hydrogens (primary N) is 1. The molecule has 8 heteroatoms. The SMILES string of the molecule is CCCN(CCc1cccs1)[C@H]1CCc2c(cccc2N(CC(=O)O)C(=O)CCCCCCCCCCCCCCCCC(N)=O)C1. The number of hydrogen-bond donors (Lipinski definition) is 2. The third kappa shape index (κ3) is 14.9. The third-order valence-corrected chi connectivity index (χ3v) is 10.6. The zero-order valence-corrected chi connectivity index (χ0v) is 29.9. The zero-order chi connectivity index (χ0) is 33.7. The van der Waals surface area contributed by atoms with Gasteiger partial charge < -0.3 is 15.7 Å². The Hall–Kier alpha value is -2.71. The van der Waals surface area contributed by atoms with Crippen LogP contribution in [0, 0.1) is 0 Å². The Morgan fingerprint density at radius 1 is 0.830 bits per heavy atom. The fourth-order valence-corrected chi connectivity index (χ4v) is 7.78. The number of carboxylic acids is 1. The summed E-state index contributed by atoms with van der Waals surface area (Å²) in [6, 6.07) is 10.9. The van der Waals surface area contributed by atoms with Crippen molar-refractivity contribution < 1.29 is 19.5 Å². The molecule has 3 N–H and O–H groups in total. The topological polar surface area (TPSA) is 104 Å². The fourth-order valence-electron chi connectivity index (χ4n) is 7.08. The Labute approximate surface area is 288 Å². The summed E-state index contributed by atoms with van der Waals surface area (Å²) in [6.07, 6.45) is 22.3. The lowest BCUT2D eigenvalue weighted by Crippen LogP contribution is -2.42. The highest BCUT2D eigenvalue weighted by atomic mass is 32.1. The Morgan fingerprint density at radius 3 is 2.00 bits per heavy atom. The molecule has 1 aromatic carbocycles. The second-order valence-corrected chi connectivity index (χ2v) is 14.5. The summed E-state index contributed by atoms with van der Waals surface area (Å²) in [5, 5.41) is 11.9. The maximum Gasteiger partial charge on any atom is 0.323 e. The van der Waals surface area contributed by atoms with Crippen molar-refractivity contribution in [3.8, 4) is 0 Å². The van der Waals surface area contributed by atoms with Gasteiger partial charge in [0.2, 0.25) is 11.8 Å². The number of fused-ring (bicyclic) bond motifs is 1. The molecule has 0 saturated heterocycles. The largest absolute Gasteiger partial charge is 0.480 e. The van der Waals surface area contributed by atoms with Crippen LogP contribution in [0.1, 0.15) is 139 Å². The minimum atomic E-state index is -0.965. The monoisotopic (exact) mass is 667 g/mol. The predicted molar refractivity (Wildman–Crippen MR) is 195 cm³/mol. The Bertz CT molecular complexity index is 1180. The molecule has 0 aliphatic heterocycles. The van der Waals surface area contributed by atoms with Gasteiger partial charge in [0, 0.05) is 36.0 Å². The first kappa shape index (κ1) is 38.7. The van der Waals surface area contributed by atoms with Crippen molar-refractivity contribution >= 4 is 34.8 Å². The van der Waals surface area contributed by atoms with Crippen LogP contribution in [0.3, 0.4) is 0 Å². The van der Waals surface area contributed by atoms with E-state index < -0.39 is 5.97 Å². The molecule has 1 aliphatic carbocycles. The number of nitrogens with zero attached hydrogens (tertiary/aromatic N) is 2. The molecule has 1 atom stereocenters. The van der Waals surface area contributed by atoms with E-state index in [0.717, 1.165) is 88.5 Å². The minimum Gasteiger partial charge on any atom is -0.480 e. The quantitative estimate of drug-likeness (QED) is 0.0977. The highest BCUT2D eigenvalue weighted by Gasteiger charge is 2.28. The number of thiophene rings is 1. The van der Waals surface area contributed by atoms with Gasteiger partial charge in [-0.2, -0.15) is 0 Å². The van der Waals surface area contributed by atoms with E-state index >= 15 is 0 Å². The van der Waals surface area contributed by atoms with Crippen LogP contribution >= 0.6 is 11.3 Å². The number of carbonyl (C=O) groups excluding carboxylic acids is 2. The lowest BCUT2D eigenvalue weighted by atomic mass is 9.85. The van der Waals surface area contributed by atoms with Crippen LogP contribution in [-0.2, 0) is 33.6 Å². The molecule has 2 aromatic rings. The van der Waals surface area contributed by atoms with Gasteiger partial charge in [-0.15, -0.1) is 11.3 Å². The summed E-state index contributed by atoms with van der Waals surface area (Å²) >= 11 is 1.83. The minimum absolute atomic E-state index is 0.0700. The van der Waals surface area contributed by atoms with E-state index in [9.17, 15) is 19.5 Å². The summed E-state index contributed by atoms with van der Waals surface area (Å²) in [6.45, 7) is 4.10. The maximum atomic E-state index is 13.4. The average molecular weight is 668 g/mol. The van der Waals surface area contributed by atoms with Crippen LogP contribution in [0.4, 0.5) is 5.69 Å². The lowest BCUT2D eigenvalue weighted by Gasteiger charge is -2.36. The van der Waals surface area contributed by atoms with Gasteiger partial charge in [0.1, 0.15) is 6.54 Å². The Kier molecular flexibility index (Phi) is 18.8. The molecule has 0 radical (unpaired) electrons. The number of carboxylic acid groups (broad SMARTS) is 1. The van der Waals surface area contributed by atoms with Crippen LogP contribution in [0.5, 0.6) is 0 Å². The molecule has 3 rings (SSSR count). The van der Waals surface area contributed by atoms with E-state index in [1.807, 2.05) is 23.5 Å². The Morgan fingerprint density at radius 2 is 1.45 bits per heavy atom.